The highest BCUT2D eigenvalue weighted by atomic mass is 16.2. The van der Waals surface area contributed by atoms with Gasteiger partial charge in [-0.05, 0) is 51.2 Å². The molecule has 0 aliphatic carbocycles. The van der Waals surface area contributed by atoms with Crippen molar-refractivity contribution in [2.75, 3.05) is 32.7 Å². The summed E-state index contributed by atoms with van der Waals surface area (Å²) >= 11 is 0. The summed E-state index contributed by atoms with van der Waals surface area (Å²) in [5.74, 6) is 1.27. The standard InChI is InChI=1S/C19H38N2O/c1-7-19(14-21(15-19)18(22)17(5)6)11-13-20(8-2)12-9-10-16(3)4/h16-17H,7-15H2,1-6H3. The summed E-state index contributed by atoms with van der Waals surface area (Å²) in [6.45, 7) is 18.7. The fraction of sp³-hybridized carbons (Fsp3) is 0.947. The van der Waals surface area contributed by atoms with Gasteiger partial charge < -0.3 is 9.80 Å². The minimum Gasteiger partial charge on any atom is -0.341 e. The van der Waals surface area contributed by atoms with Crippen molar-refractivity contribution in [1.82, 2.24) is 9.80 Å². The molecule has 22 heavy (non-hydrogen) atoms. The van der Waals surface area contributed by atoms with Crippen molar-refractivity contribution in [2.24, 2.45) is 17.3 Å². The van der Waals surface area contributed by atoms with Crippen molar-refractivity contribution < 1.29 is 4.79 Å². The summed E-state index contributed by atoms with van der Waals surface area (Å²) in [5.41, 5.74) is 0.385. The minimum absolute atomic E-state index is 0.137. The molecule has 0 N–H and O–H groups in total. The number of carbonyl (C=O) groups excluding carboxylic acids is 1. The molecule has 130 valence electrons. The van der Waals surface area contributed by atoms with Crippen LogP contribution in [0.4, 0.5) is 0 Å². The Bertz CT molecular complexity index is 332. The number of carbonyl (C=O) groups is 1. The van der Waals surface area contributed by atoms with Gasteiger partial charge in [-0.3, -0.25) is 4.79 Å². The zero-order valence-electron chi connectivity index (χ0n) is 15.8. The highest BCUT2D eigenvalue weighted by molar-refractivity contribution is 5.79. The molecule has 1 aliphatic rings. The molecule has 0 aromatic carbocycles. The van der Waals surface area contributed by atoms with Crippen molar-refractivity contribution in [1.29, 1.82) is 0 Å². The largest absolute Gasteiger partial charge is 0.341 e. The Morgan fingerprint density at radius 1 is 1.14 bits per heavy atom. The molecule has 0 bridgehead atoms. The van der Waals surface area contributed by atoms with Crippen molar-refractivity contribution in [3.8, 4) is 0 Å². The fourth-order valence-electron chi connectivity index (χ4n) is 3.39. The van der Waals surface area contributed by atoms with Crippen LogP contribution < -0.4 is 0 Å². The van der Waals surface area contributed by atoms with Crippen LogP contribution in [0.1, 0.15) is 67.2 Å². The predicted molar refractivity (Wildman–Crippen MR) is 94.9 cm³/mol. The van der Waals surface area contributed by atoms with Crippen LogP contribution in [-0.2, 0) is 4.79 Å². The van der Waals surface area contributed by atoms with Gasteiger partial charge in [0.1, 0.15) is 0 Å². The van der Waals surface area contributed by atoms with Gasteiger partial charge in [0.25, 0.3) is 0 Å². The molecule has 0 radical (unpaired) electrons. The zero-order valence-corrected chi connectivity index (χ0v) is 15.8. The van der Waals surface area contributed by atoms with Gasteiger partial charge >= 0.3 is 0 Å². The summed E-state index contributed by atoms with van der Waals surface area (Å²) in [4.78, 5) is 16.7. The molecule has 1 fully saturated rings. The second kappa shape index (κ2) is 8.90. The van der Waals surface area contributed by atoms with Gasteiger partial charge in [0.2, 0.25) is 5.91 Å². The SMILES string of the molecule is CCN(CCCC(C)C)CCC1(CC)CN(C(=O)C(C)C)C1. The molecule has 0 aromatic rings. The lowest BCUT2D eigenvalue weighted by molar-refractivity contribution is -0.147. The van der Waals surface area contributed by atoms with E-state index in [-0.39, 0.29) is 5.92 Å². The highest BCUT2D eigenvalue weighted by Gasteiger charge is 2.43. The van der Waals surface area contributed by atoms with Gasteiger partial charge in [-0.2, -0.15) is 0 Å². The molecule has 0 saturated carbocycles. The second-order valence-electron chi connectivity index (χ2n) is 7.92. The third-order valence-corrected chi connectivity index (χ3v) is 5.27. The lowest BCUT2D eigenvalue weighted by Gasteiger charge is -2.51. The Morgan fingerprint density at radius 2 is 1.77 bits per heavy atom. The van der Waals surface area contributed by atoms with Crippen LogP contribution in [0.2, 0.25) is 0 Å². The first-order valence-corrected chi connectivity index (χ1v) is 9.34. The maximum Gasteiger partial charge on any atom is 0.225 e. The second-order valence-corrected chi connectivity index (χ2v) is 7.92. The van der Waals surface area contributed by atoms with E-state index in [9.17, 15) is 4.79 Å². The van der Waals surface area contributed by atoms with Gasteiger partial charge in [-0.25, -0.2) is 0 Å². The lowest BCUT2D eigenvalue weighted by Crippen LogP contribution is -2.59. The normalized spacial score (nSPS) is 17.4. The number of rotatable bonds is 10. The molecular formula is C19H38N2O. The van der Waals surface area contributed by atoms with Crippen molar-refractivity contribution in [3.63, 3.8) is 0 Å². The van der Waals surface area contributed by atoms with Crippen LogP contribution in [0.5, 0.6) is 0 Å². The van der Waals surface area contributed by atoms with E-state index in [1.807, 2.05) is 13.8 Å². The molecule has 0 spiro atoms. The minimum atomic E-state index is 0.137. The third kappa shape index (κ3) is 5.57. The summed E-state index contributed by atoms with van der Waals surface area (Å²) in [6.07, 6.45) is 5.06. The van der Waals surface area contributed by atoms with Crippen LogP contribution in [0, 0.1) is 17.3 Å². The number of likely N-dealkylation sites (tertiary alicyclic amines) is 1. The molecule has 3 heteroatoms. The van der Waals surface area contributed by atoms with Gasteiger partial charge in [0, 0.05) is 24.4 Å². The first-order chi connectivity index (χ1) is 10.3. The van der Waals surface area contributed by atoms with Crippen LogP contribution in [-0.4, -0.2) is 48.4 Å². The Morgan fingerprint density at radius 3 is 2.23 bits per heavy atom. The summed E-state index contributed by atoms with van der Waals surface area (Å²) < 4.78 is 0. The third-order valence-electron chi connectivity index (χ3n) is 5.27. The van der Waals surface area contributed by atoms with E-state index in [2.05, 4.69) is 37.5 Å². The van der Waals surface area contributed by atoms with Crippen LogP contribution in [0.25, 0.3) is 0 Å². The smallest absolute Gasteiger partial charge is 0.225 e. The summed E-state index contributed by atoms with van der Waals surface area (Å²) in [5, 5.41) is 0. The van der Waals surface area contributed by atoms with Crippen molar-refractivity contribution in [3.05, 3.63) is 0 Å². The van der Waals surface area contributed by atoms with Crippen molar-refractivity contribution in [2.45, 2.75) is 67.2 Å². The molecule has 0 unspecified atom stereocenters. The molecular weight excluding hydrogens is 272 g/mol. The zero-order chi connectivity index (χ0) is 16.8. The Kier molecular flexibility index (Phi) is 7.88. The summed E-state index contributed by atoms with van der Waals surface area (Å²) in [6, 6.07) is 0. The predicted octanol–water partition coefficient (Wildman–Crippen LogP) is 4.03. The van der Waals surface area contributed by atoms with E-state index >= 15 is 0 Å². The Labute approximate surface area is 138 Å². The van der Waals surface area contributed by atoms with E-state index in [0.29, 0.717) is 11.3 Å². The quantitative estimate of drug-likeness (QED) is 0.608. The maximum absolute atomic E-state index is 12.0. The highest BCUT2D eigenvalue weighted by Crippen LogP contribution is 2.38. The number of amides is 1. The van der Waals surface area contributed by atoms with Gasteiger partial charge in [-0.1, -0.05) is 41.5 Å². The maximum atomic E-state index is 12.0. The molecule has 1 saturated heterocycles. The molecule has 1 heterocycles. The van der Waals surface area contributed by atoms with Gasteiger partial charge in [0.15, 0.2) is 0 Å². The van der Waals surface area contributed by atoms with Gasteiger partial charge in [-0.15, -0.1) is 0 Å². The van der Waals surface area contributed by atoms with Crippen molar-refractivity contribution >= 4 is 5.91 Å². The lowest BCUT2D eigenvalue weighted by atomic mass is 9.74. The molecule has 3 nitrogen and oxygen atoms in total. The summed E-state index contributed by atoms with van der Waals surface area (Å²) in [7, 11) is 0. The topological polar surface area (TPSA) is 23.6 Å². The molecule has 0 aromatic heterocycles. The van der Waals surface area contributed by atoms with Crippen LogP contribution >= 0.6 is 0 Å². The van der Waals surface area contributed by atoms with E-state index in [1.54, 1.807) is 0 Å². The fourth-order valence-corrected chi connectivity index (χ4v) is 3.39. The van der Waals surface area contributed by atoms with E-state index in [1.165, 1.54) is 38.8 Å². The average Bonchev–Trinajstić information content (AvgIpc) is 2.43. The number of nitrogens with zero attached hydrogens (tertiary/aromatic N) is 2. The Hall–Kier alpha value is -0.570. The molecule has 1 aliphatic heterocycles. The number of hydrogen-bond acceptors (Lipinski definition) is 2. The first-order valence-electron chi connectivity index (χ1n) is 9.34. The number of hydrogen-bond donors (Lipinski definition) is 0. The van der Waals surface area contributed by atoms with Crippen LogP contribution in [0.3, 0.4) is 0 Å². The van der Waals surface area contributed by atoms with E-state index in [4.69, 9.17) is 0 Å². The molecule has 1 rings (SSSR count). The average molecular weight is 311 g/mol. The van der Waals surface area contributed by atoms with Gasteiger partial charge in [0.05, 0.1) is 0 Å². The first kappa shape index (κ1) is 19.5. The molecule has 0 atom stereocenters. The van der Waals surface area contributed by atoms with Crippen LogP contribution in [0.15, 0.2) is 0 Å². The molecule has 1 amide bonds. The van der Waals surface area contributed by atoms with E-state index < -0.39 is 0 Å². The Balaban J connectivity index is 2.36. The van der Waals surface area contributed by atoms with E-state index in [0.717, 1.165) is 25.6 Å². The monoisotopic (exact) mass is 310 g/mol.